The van der Waals surface area contributed by atoms with Gasteiger partial charge in [-0.3, -0.25) is 0 Å². The number of methoxy groups -OCH3 is 1. The smallest absolute Gasteiger partial charge is 0.249 e. The molecule has 0 unspecified atom stereocenters. The minimum Gasteiger partial charge on any atom is -0.495 e. The standard InChI is InChI=1S/C16H13Cl2N5O/c1-24-14-7-6-12(8-13(14)18)20-15-9-19-23-16(22-15)21-11-4-2-10(17)3-5-11/h2-9H,1H3,(H2,20,21,22,23). The number of rotatable bonds is 5. The third-order valence-corrected chi connectivity index (χ3v) is 3.63. The number of halogens is 2. The summed E-state index contributed by atoms with van der Waals surface area (Å²) in [6.45, 7) is 0. The fraction of sp³-hybridized carbons (Fsp3) is 0.0625. The summed E-state index contributed by atoms with van der Waals surface area (Å²) in [6, 6.07) is 12.6. The first-order valence-electron chi connectivity index (χ1n) is 6.97. The summed E-state index contributed by atoms with van der Waals surface area (Å²) in [6.07, 6.45) is 1.52. The lowest BCUT2D eigenvalue weighted by molar-refractivity contribution is 0.415. The van der Waals surface area contributed by atoms with Crippen LogP contribution in [0.1, 0.15) is 0 Å². The van der Waals surface area contributed by atoms with Crippen LogP contribution in [0.15, 0.2) is 48.7 Å². The number of nitrogens with zero attached hydrogens (tertiary/aromatic N) is 3. The molecule has 24 heavy (non-hydrogen) atoms. The van der Waals surface area contributed by atoms with Gasteiger partial charge in [-0.15, -0.1) is 5.10 Å². The van der Waals surface area contributed by atoms with Crippen LogP contribution in [0.5, 0.6) is 5.75 Å². The first-order valence-corrected chi connectivity index (χ1v) is 7.72. The van der Waals surface area contributed by atoms with Crippen LogP contribution in [0.25, 0.3) is 0 Å². The average Bonchev–Trinajstić information content (AvgIpc) is 2.58. The van der Waals surface area contributed by atoms with E-state index >= 15 is 0 Å². The Balaban J connectivity index is 1.75. The Morgan fingerprint density at radius 2 is 1.71 bits per heavy atom. The van der Waals surface area contributed by atoms with Crippen molar-refractivity contribution in [3.63, 3.8) is 0 Å². The predicted molar refractivity (Wildman–Crippen MR) is 95.8 cm³/mol. The van der Waals surface area contributed by atoms with Gasteiger partial charge in [-0.25, -0.2) is 0 Å². The highest BCUT2D eigenvalue weighted by Gasteiger charge is 2.05. The number of hydrogen-bond donors (Lipinski definition) is 2. The minimum absolute atomic E-state index is 0.363. The van der Waals surface area contributed by atoms with Gasteiger partial charge in [-0.1, -0.05) is 23.2 Å². The predicted octanol–water partition coefficient (Wildman–Crippen LogP) is 4.67. The second-order valence-corrected chi connectivity index (χ2v) is 5.62. The molecule has 3 rings (SSSR count). The summed E-state index contributed by atoms with van der Waals surface area (Å²) >= 11 is 12.0. The molecule has 2 aromatic carbocycles. The maximum atomic E-state index is 6.11. The summed E-state index contributed by atoms with van der Waals surface area (Å²) in [4.78, 5) is 4.35. The van der Waals surface area contributed by atoms with Gasteiger partial charge in [0, 0.05) is 16.4 Å². The highest BCUT2D eigenvalue weighted by Crippen LogP contribution is 2.28. The van der Waals surface area contributed by atoms with E-state index in [1.807, 2.05) is 18.2 Å². The summed E-state index contributed by atoms with van der Waals surface area (Å²) in [5, 5.41) is 15.2. The lowest BCUT2D eigenvalue weighted by Crippen LogP contribution is -2.02. The molecule has 0 aliphatic heterocycles. The molecule has 0 aliphatic rings. The third-order valence-electron chi connectivity index (χ3n) is 3.08. The maximum Gasteiger partial charge on any atom is 0.249 e. The summed E-state index contributed by atoms with van der Waals surface area (Å²) in [5.74, 6) is 1.50. The van der Waals surface area contributed by atoms with Crippen molar-refractivity contribution in [2.45, 2.75) is 0 Å². The molecule has 0 saturated heterocycles. The van der Waals surface area contributed by atoms with Crippen molar-refractivity contribution < 1.29 is 4.74 Å². The van der Waals surface area contributed by atoms with Gasteiger partial charge in [0.1, 0.15) is 5.75 Å². The van der Waals surface area contributed by atoms with Crippen molar-refractivity contribution >= 4 is 46.3 Å². The van der Waals surface area contributed by atoms with E-state index in [1.165, 1.54) is 6.20 Å². The Hall–Kier alpha value is -2.57. The van der Waals surface area contributed by atoms with Crippen LogP contribution in [0.3, 0.4) is 0 Å². The summed E-state index contributed by atoms with van der Waals surface area (Å²) < 4.78 is 5.13. The molecule has 1 aromatic heterocycles. The average molecular weight is 362 g/mol. The first-order chi connectivity index (χ1) is 11.6. The molecule has 2 N–H and O–H groups in total. The van der Waals surface area contributed by atoms with Crippen molar-refractivity contribution in [2.75, 3.05) is 17.7 Å². The van der Waals surface area contributed by atoms with E-state index in [4.69, 9.17) is 27.9 Å². The van der Waals surface area contributed by atoms with Gasteiger partial charge >= 0.3 is 0 Å². The van der Waals surface area contributed by atoms with Crippen LogP contribution in [0, 0.1) is 0 Å². The van der Waals surface area contributed by atoms with Crippen molar-refractivity contribution in [1.82, 2.24) is 15.2 Å². The highest BCUT2D eigenvalue weighted by atomic mass is 35.5. The van der Waals surface area contributed by atoms with Crippen LogP contribution in [0.2, 0.25) is 10.0 Å². The van der Waals surface area contributed by atoms with E-state index in [9.17, 15) is 0 Å². The zero-order valence-electron chi connectivity index (χ0n) is 12.6. The van der Waals surface area contributed by atoms with Gasteiger partial charge in [0.15, 0.2) is 5.82 Å². The lowest BCUT2D eigenvalue weighted by atomic mass is 10.3. The maximum absolute atomic E-state index is 6.11. The molecular formula is C16H13Cl2N5O. The van der Waals surface area contributed by atoms with Crippen molar-refractivity contribution in [2.24, 2.45) is 0 Å². The molecular weight excluding hydrogens is 349 g/mol. The molecule has 0 bridgehead atoms. The Morgan fingerprint density at radius 3 is 2.42 bits per heavy atom. The van der Waals surface area contributed by atoms with Gasteiger partial charge in [-0.2, -0.15) is 10.1 Å². The van der Waals surface area contributed by atoms with Crippen molar-refractivity contribution in [3.8, 4) is 5.75 Å². The molecule has 0 amide bonds. The van der Waals surface area contributed by atoms with E-state index < -0.39 is 0 Å². The highest BCUT2D eigenvalue weighted by molar-refractivity contribution is 6.32. The minimum atomic E-state index is 0.363. The Labute approximate surface area is 148 Å². The van der Waals surface area contributed by atoms with Gasteiger partial charge in [0.2, 0.25) is 5.95 Å². The van der Waals surface area contributed by atoms with Gasteiger partial charge in [-0.05, 0) is 42.5 Å². The topological polar surface area (TPSA) is 72.0 Å². The monoisotopic (exact) mass is 361 g/mol. The quantitative estimate of drug-likeness (QED) is 0.687. The van der Waals surface area contributed by atoms with Crippen LogP contribution in [-0.4, -0.2) is 22.3 Å². The number of nitrogens with one attached hydrogen (secondary N) is 2. The molecule has 8 heteroatoms. The Kier molecular flexibility index (Phi) is 4.98. The largest absolute Gasteiger partial charge is 0.495 e. The van der Waals surface area contributed by atoms with Crippen LogP contribution < -0.4 is 15.4 Å². The number of hydrogen-bond acceptors (Lipinski definition) is 6. The van der Waals surface area contributed by atoms with Gasteiger partial charge < -0.3 is 15.4 Å². The molecule has 0 radical (unpaired) electrons. The van der Waals surface area contributed by atoms with E-state index in [0.29, 0.717) is 27.6 Å². The Bertz CT molecular complexity index is 842. The SMILES string of the molecule is COc1ccc(Nc2cnnc(Nc3ccc(Cl)cc3)n2)cc1Cl. The molecule has 0 saturated carbocycles. The molecule has 0 atom stereocenters. The summed E-state index contributed by atoms with van der Waals surface area (Å²) in [7, 11) is 1.57. The van der Waals surface area contributed by atoms with Crippen LogP contribution in [-0.2, 0) is 0 Å². The number of aromatic nitrogens is 3. The summed E-state index contributed by atoms with van der Waals surface area (Å²) in [5.41, 5.74) is 1.57. The van der Waals surface area contributed by atoms with E-state index in [1.54, 1.807) is 31.4 Å². The fourth-order valence-electron chi connectivity index (χ4n) is 1.97. The van der Waals surface area contributed by atoms with Gasteiger partial charge in [0.25, 0.3) is 0 Å². The molecule has 122 valence electrons. The van der Waals surface area contributed by atoms with Gasteiger partial charge in [0.05, 0.1) is 18.3 Å². The molecule has 0 spiro atoms. The molecule has 1 heterocycles. The first kappa shape index (κ1) is 16.3. The molecule has 0 fully saturated rings. The second kappa shape index (κ2) is 7.33. The lowest BCUT2D eigenvalue weighted by Gasteiger charge is -2.09. The zero-order valence-corrected chi connectivity index (χ0v) is 14.1. The van der Waals surface area contributed by atoms with Crippen molar-refractivity contribution in [1.29, 1.82) is 0 Å². The van der Waals surface area contributed by atoms with Crippen LogP contribution in [0.4, 0.5) is 23.1 Å². The third kappa shape index (κ3) is 4.04. The number of anilines is 4. The van der Waals surface area contributed by atoms with E-state index in [0.717, 1.165) is 11.4 Å². The Morgan fingerprint density at radius 1 is 0.958 bits per heavy atom. The normalized spacial score (nSPS) is 10.3. The zero-order chi connectivity index (χ0) is 16.9. The molecule has 0 aliphatic carbocycles. The number of ether oxygens (including phenoxy) is 1. The van der Waals surface area contributed by atoms with E-state index in [-0.39, 0.29) is 0 Å². The van der Waals surface area contributed by atoms with E-state index in [2.05, 4.69) is 25.8 Å². The second-order valence-electron chi connectivity index (χ2n) is 4.77. The van der Waals surface area contributed by atoms with Crippen LogP contribution >= 0.6 is 23.2 Å². The molecule has 3 aromatic rings. The van der Waals surface area contributed by atoms with Crippen molar-refractivity contribution in [3.05, 3.63) is 58.7 Å². The fourth-order valence-corrected chi connectivity index (χ4v) is 2.35. The molecule has 6 nitrogen and oxygen atoms in total. The number of benzene rings is 2.